The zero-order chi connectivity index (χ0) is 15.0. The highest BCUT2D eigenvalue weighted by molar-refractivity contribution is 5.29. The van der Waals surface area contributed by atoms with Crippen LogP contribution < -0.4 is 10.1 Å². The molecule has 20 heavy (non-hydrogen) atoms. The molecule has 0 aromatic heterocycles. The predicted octanol–water partition coefficient (Wildman–Crippen LogP) is 3.80. The maximum Gasteiger partial charge on any atom is 0.119 e. The van der Waals surface area contributed by atoms with Gasteiger partial charge >= 0.3 is 0 Å². The van der Waals surface area contributed by atoms with E-state index in [1.54, 1.807) is 0 Å². The highest BCUT2D eigenvalue weighted by Gasteiger charge is 2.12. The van der Waals surface area contributed by atoms with Gasteiger partial charge in [-0.05, 0) is 50.9 Å². The molecule has 0 saturated carbocycles. The molecular weight excluding hydrogens is 250 g/mol. The van der Waals surface area contributed by atoms with Gasteiger partial charge in [0.2, 0.25) is 0 Å². The zero-order valence-corrected chi connectivity index (χ0v) is 13.5. The second-order valence-electron chi connectivity index (χ2n) is 5.62. The Bertz CT molecular complexity index is 362. The standard InChI is InChI=1S/C17H29NO2/c1-6-19-16-9-7-15(8-10-16)17(18-5)12-20-14(4)11-13(2)3/h7-10,13-14,17-18H,6,11-12H2,1-5H3. The van der Waals surface area contributed by atoms with Crippen molar-refractivity contribution in [2.45, 2.75) is 46.3 Å². The van der Waals surface area contributed by atoms with E-state index in [0.717, 1.165) is 12.2 Å². The molecule has 2 unspecified atom stereocenters. The zero-order valence-electron chi connectivity index (χ0n) is 13.5. The van der Waals surface area contributed by atoms with Gasteiger partial charge in [0.25, 0.3) is 0 Å². The third kappa shape index (κ3) is 5.93. The van der Waals surface area contributed by atoms with Gasteiger partial charge in [-0.3, -0.25) is 0 Å². The molecule has 0 spiro atoms. The lowest BCUT2D eigenvalue weighted by atomic mass is 10.1. The molecule has 0 amide bonds. The average Bonchev–Trinajstić information content (AvgIpc) is 2.40. The van der Waals surface area contributed by atoms with Crippen LogP contribution in [-0.2, 0) is 4.74 Å². The first-order valence-corrected chi connectivity index (χ1v) is 7.58. The number of rotatable bonds is 9. The van der Waals surface area contributed by atoms with Crippen LogP contribution in [0.1, 0.15) is 45.7 Å². The summed E-state index contributed by atoms with van der Waals surface area (Å²) in [6, 6.07) is 8.45. The fourth-order valence-electron chi connectivity index (χ4n) is 2.30. The van der Waals surface area contributed by atoms with Gasteiger partial charge in [0.05, 0.1) is 25.4 Å². The number of benzene rings is 1. The second-order valence-corrected chi connectivity index (χ2v) is 5.62. The van der Waals surface area contributed by atoms with Crippen molar-refractivity contribution in [3.05, 3.63) is 29.8 Å². The van der Waals surface area contributed by atoms with Gasteiger partial charge < -0.3 is 14.8 Å². The largest absolute Gasteiger partial charge is 0.494 e. The highest BCUT2D eigenvalue weighted by Crippen LogP contribution is 2.19. The van der Waals surface area contributed by atoms with E-state index >= 15 is 0 Å². The molecule has 0 heterocycles. The van der Waals surface area contributed by atoms with Gasteiger partial charge in [0.15, 0.2) is 0 Å². The van der Waals surface area contributed by atoms with Gasteiger partial charge in [-0.25, -0.2) is 0 Å². The summed E-state index contributed by atoms with van der Waals surface area (Å²) < 4.78 is 11.4. The lowest BCUT2D eigenvalue weighted by Crippen LogP contribution is -2.24. The quantitative estimate of drug-likeness (QED) is 0.746. The minimum Gasteiger partial charge on any atom is -0.494 e. The van der Waals surface area contributed by atoms with Crippen LogP contribution >= 0.6 is 0 Å². The Morgan fingerprint density at radius 1 is 1.10 bits per heavy atom. The molecule has 0 radical (unpaired) electrons. The van der Waals surface area contributed by atoms with Crippen LogP contribution in [0, 0.1) is 5.92 Å². The number of hydrogen-bond acceptors (Lipinski definition) is 3. The monoisotopic (exact) mass is 279 g/mol. The molecular formula is C17H29NO2. The number of nitrogens with one attached hydrogen (secondary N) is 1. The van der Waals surface area contributed by atoms with Gasteiger partial charge in [-0.1, -0.05) is 26.0 Å². The van der Waals surface area contributed by atoms with E-state index in [0.29, 0.717) is 25.2 Å². The summed E-state index contributed by atoms with van der Waals surface area (Å²) in [7, 11) is 1.97. The minimum absolute atomic E-state index is 0.222. The van der Waals surface area contributed by atoms with Crippen molar-refractivity contribution in [1.82, 2.24) is 5.32 Å². The molecule has 0 aliphatic rings. The van der Waals surface area contributed by atoms with Crippen LogP contribution in [0.2, 0.25) is 0 Å². The number of ether oxygens (including phenoxy) is 2. The first kappa shape index (κ1) is 17.0. The molecule has 0 saturated heterocycles. The Morgan fingerprint density at radius 3 is 2.25 bits per heavy atom. The smallest absolute Gasteiger partial charge is 0.119 e. The Morgan fingerprint density at radius 2 is 1.75 bits per heavy atom. The van der Waals surface area contributed by atoms with E-state index in [9.17, 15) is 0 Å². The summed E-state index contributed by atoms with van der Waals surface area (Å²) in [5.74, 6) is 1.59. The van der Waals surface area contributed by atoms with Gasteiger partial charge in [0, 0.05) is 0 Å². The summed E-state index contributed by atoms with van der Waals surface area (Å²) in [4.78, 5) is 0. The normalized spacial score (nSPS) is 14.3. The first-order chi connectivity index (χ1) is 9.56. The average molecular weight is 279 g/mol. The second kappa shape index (κ2) is 8.98. The van der Waals surface area contributed by atoms with Crippen LogP contribution in [0.25, 0.3) is 0 Å². The van der Waals surface area contributed by atoms with Crippen molar-refractivity contribution in [3.63, 3.8) is 0 Å². The lowest BCUT2D eigenvalue weighted by Gasteiger charge is -2.21. The summed E-state index contributed by atoms with van der Waals surface area (Å²) in [6.07, 6.45) is 1.40. The summed E-state index contributed by atoms with van der Waals surface area (Å²) in [5, 5.41) is 3.31. The molecule has 3 nitrogen and oxygen atoms in total. The van der Waals surface area contributed by atoms with Crippen molar-refractivity contribution in [2.75, 3.05) is 20.3 Å². The van der Waals surface area contributed by atoms with Crippen molar-refractivity contribution >= 4 is 0 Å². The molecule has 114 valence electrons. The van der Waals surface area contributed by atoms with Crippen LogP contribution in [0.3, 0.4) is 0 Å². The third-order valence-electron chi connectivity index (χ3n) is 3.29. The van der Waals surface area contributed by atoms with Crippen molar-refractivity contribution < 1.29 is 9.47 Å². The molecule has 1 rings (SSSR count). The molecule has 1 N–H and O–H groups in total. The minimum atomic E-state index is 0.222. The predicted molar refractivity (Wildman–Crippen MR) is 84.3 cm³/mol. The van der Waals surface area contributed by atoms with Crippen molar-refractivity contribution in [3.8, 4) is 5.75 Å². The fraction of sp³-hybridized carbons (Fsp3) is 0.647. The summed E-state index contributed by atoms with van der Waals surface area (Å²) >= 11 is 0. The lowest BCUT2D eigenvalue weighted by molar-refractivity contribution is 0.0382. The number of hydrogen-bond donors (Lipinski definition) is 1. The Kier molecular flexibility index (Phi) is 7.63. The molecule has 1 aromatic carbocycles. The molecule has 2 atom stereocenters. The molecule has 0 fully saturated rings. The highest BCUT2D eigenvalue weighted by atomic mass is 16.5. The van der Waals surface area contributed by atoms with Crippen molar-refractivity contribution in [2.24, 2.45) is 5.92 Å². The summed E-state index contributed by atoms with van der Waals surface area (Å²) in [5.41, 5.74) is 1.23. The first-order valence-electron chi connectivity index (χ1n) is 7.58. The van der Waals surface area contributed by atoms with Gasteiger partial charge in [0.1, 0.15) is 5.75 Å². The van der Waals surface area contributed by atoms with E-state index in [1.807, 2.05) is 26.1 Å². The third-order valence-corrected chi connectivity index (χ3v) is 3.29. The van der Waals surface area contributed by atoms with E-state index in [-0.39, 0.29) is 6.04 Å². The SMILES string of the molecule is CCOc1ccc(C(COC(C)CC(C)C)NC)cc1. The summed E-state index contributed by atoms with van der Waals surface area (Å²) in [6.45, 7) is 9.98. The Labute approximate surface area is 123 Å². The van der Waals surface area contributed by atoms with E-state index in [2.05, 4.69) is 38.2 Å². The Hall–Kier alpha value is -1.06. The molecule has 0 aliphatic carbocycles. The maximum absolute atomic E-state index is 5.94. The maximum atomic E-state index is 5.94. The van der Waals surface area contributed by atoms with Crippen LogP contribution in [0.15, 0.2) is 24.3 Å². The fourth-order valence-corrected chi connectivity index (χ4v) is 2.30. The molecule has 0 aliphatic heterocycles. The van der Waals surface area contributed by atoms with Crippen molar-refractivity contribution in [1.29, 1.82) is 0 Å². The number of likely N-dealkylation sites (N-methyl/N-ethyl adjacent to an activating group) is 1. The van der Waals surface area contributed by atoms with E-state index < -0.39 is 0 Å². The van der Waals surface area contributed by atoms with Crippen LogP contribution in [0.4, 0.5) is 0 Å². The molecule has 0 bridgehead atoms. The molecule has 1 aromatic rings. The van der Waals surface area contributed by atoms with Crippen LogP contribution in [0.5, 0.6) is 5.75 Å². The van der Waals surface area contributed by atoms with E-state index in [1.165, 1.54) is 5.56 Å². The van der Waals surface area contributed by atoms with Gasteiger partial charge in [-0.2, -0.15) is 0 Å². The van der Waals surface area contributed by atoms with Crippen LogP contribution in [-0.4, -0.2) is 26.4 Å². The van der Waals surface area contributed by atoms with Gasteiger partial charge in [-0.15, -0.1) is 0 Å². The Balaban J connectivity index is 2.52. The topological polar surface area (TPSA) is 30.5 Å². The van der Waals surface area contributed by atoms with E-state index in [4.69, 9.17) is 9.47 Å². The molecule has 3 heteroatoms.